The molecule has 246 valence electrons. The Balaban J connectivity index is 1.15. The van der Waals surface area contributed by atoms with E-state index in [4.69, 9.17) is 25.8 Å². The molecule has 0 bridgehead atoms. The largest absolute Gasteiger partial charge is 0.507 e. The van der Waals surface area contributed by atoms with Crippen LogP contribution in [-0.2, 0) is 11.3 Å². The fourth-order valence-electron chi connectivity index (χ4n) is 6.51. The molecule has 8 nitrogen and oxygen atoms in total. The zero-order valence-electron chi connectivity index (χ0n) is 27.5. The van der Waals surface area contributed by atoms with Gasteiger partial charge >= 0.3 is 6.09 Å². The van der Waals surface area contributed by atoms with Crippen LogP contribution in [0, 0.1) is 25.7 Å². The van der Waals surface area contributed by atoms with Gasteiger partial charge in [-0.05, 0) is 106 Å². The molecule has 5 rings (SSSR count). The highest BCUT2D eigenvalue weighted by atomic mass is 35.5. The number of phenolic OH excluding ortho intramolecular Hbond substituents is 1. The number of phenols is 1. The summed E-state index contributed by atoms with van der Waals surface area (Å²) in [6.45, 7) is 15.4. The quantitative estimate of drug-likeness (QED) is 0.178. The molecule has 0 saturated carbocycles. The number of carbonyl (C=O) groups is 2. The fraction of sp³-hybridized carbons (Fsp3) is 0.459. The number of benzene rings is 3. The molecule has 1 N–H and O–H groups in total. The molecule has 0 aliphatic carbocycles. The summed E-state index contributed by atoms with van der Waals surface area (Å²) in [4.78, 5) is 28.1. The third-order valence-corrected chi connectivity index (χ3v) is 9.32. The number of hydrogen-bond acceptors (Lipinski definition) is 7. The third-order valence-electron chi connectivity index (χ3n) is 9.02. The van der Waals surface area contributed by atoms with Gasteiger partial charge < -0.3 is 29.1 Å². The lowest BCUT2D eigenvalue weighted by Crippen LogP contribution is -2.40. The average Bonchev–Trinajstić information content (AvgIpc) is 3.44. The molecule has 2 atom stereocenters. The predicted octanol–water partition coefficient (Wildman–Crippen LogP) is 7.68. The first kappa shape index (κ1) is 33.6. The number of carbonyl (C=O) groups excluding carboxylic acids is 2. The van der Waals surface area contributed by atoms with Gasteiger partial charge in [0.15, 0.2) is 6.29 Å². The Morgan fingerprint density at radius 1 is 0.978 bits per heavy atom. The summed E-state index contributed by atoms with van der Waals surface area (Å²) in [5.74, 6) is 2.07. The molecule has 2 unspecified atom stereocenters. The number of hydrogen-bond donors (Lipinski definition) is 1. The minimum absolute atomic E-state index is 0.120. The third kappa shape index (κ3) is 7.96. The van der Waals surface area contributed by atoms with Crippen molar-refractivity contribution in [2.45, 2.75) is 59.7 Å². The number of rotatable bonds is 10. The topological polar surface area (TPSA) is 88.5 Å². The Kier molecular flexibility index (Phi) is 10.5. The maximum absolute atomic E-state index is 12.6. The summed E-state index contributed by atoms with van der Waals surface area (Å²) in [6.07, 6.45) is 2.40. The van der Waals surface area contributed by atoms with Gasteiger partial charge in [0, 0.05) is 32.2 Å². The zero-order chi connectivity index (χ0) is 33.0. The van der Waals surface area contributed by atoms with Gasteiger partial charge in [0.05, 0.1) is 17.2 Å². The molecule has 0 aromatic heterocycles. The van der Waals surface area contributed by atoms with E-state index >= 15 is 0 Å². The van der Waals surface area contributed by atoms with E-state index in [-0.39, 0.29) is 29.0 Å². The van der Waals surface area contributed by atoms with Gasteiger partial charge in [-0.25, -0.2) is 4.79 Å². The maximum atomic E-state index is 12.6. The smallest absolute Gasteiger partial charge is 0.410 e. The Hall–Kier alpha value is -3.75. The number of fused-ring (bicyclic) bond motifs is 1. The van der Waals surface area contributed by atoms with Crippen molar-refractivity contribution in [1.82, 2.24) is 9.80 Å². The monoisotopic (exact) mass is 648 g/mol. The summed E-state index contributed by atoms with van der Waals surface area (Å²) < 4.78 is 17.9. The van der Waals surface area contributed by atoms with Crippen LogP contribution in [0.1, 0.15) is 60.7 Å². The summed E-state index contributed by atoms with van der Waals surface area (Å²) in [7, 11) is 0. The Morgan fingerprint density at radius 3 is 2.43 bits per heavy atom. The normalized spacial score (nSPS) is 18.3. The first-order valence-corrected chi connectivity index (χ1v) is 16.4. The number of ether oxygens (including phenoxy) is 3. The van der Waals surface area contributed by atoms with Crippen LogP contribution in [0.3, 0.4) is 0 Å². The van der Waals surface area contributed by atoms with E-state index in [2.05, 4.69) is 30.9 Å². The molecule has 2 aliphatic heterocycles. The van der Waals surface area contributed by atoms with Crippen molar-refractivity contribution in [2.75, 3.05) is 39.3 Å². The fourth-order valence-corrected chi connectivity index (χ4v) is 6.73. The van der Waals surface area contributed by atoms with Crippen LogP contribution in [0.15, 0.2) is 48.5 Å². The van der Waals surface area contributed by atoms with Crippen molar-refractivity contribution < 1.29 is 28.9 Å². The number of amides is 1. The molecule has 2 heterocycles. The average molecular weight is 649 g/mol. The summed E-state index contributed by atoms with van der Waals surface area (Å²) in [5.41, 5.74) is 4.98. The second-order valence-corrected chi connectivity index (χ2v) is 13.9. The molecule has 0 spiro atoms. The van der Waals surface area contributed by atoms with Crippen LogP contribution in [0.5, 0.6) is 17.2 Å². The van der Waals surface area contributed by atoms with Crippen molar-refractivity contribution in [3.05, 3.63) is 75.8 Å². The number of aldehydes is 1. The van der Waals surface area contributed by atoms with E-state index in [0.29, 0.717) is 30.5 Å². The first-order chi connectivity index (χ1) is 21.9. The second-order valence-electron chi connectivity index (χ2n) is 13.5. The van der Waals surface area contributed by atoms with Crippen LogP contribution in [0.2, 0.25) is 5.02 Å². The number of nitrogens with zero attached hydrogens (tertiary/aromatic N) is 2. The van der Waals surface area contributed by atoms with Crippen LogP contribution < -0.4 is 9.47 Å². The van der Waals surface area contributed by atoms with Gasteiger partial charge in [-0.3, -0.25) is 4.79 Å². The molecule has 2 fully saturated rings. The Labute approximate surface area is 277 Å². The molecule has 0 radical (unpaired) electrons. The van der Waals surface area contributed by atoms with Crippen molar-refractivity contribution in [3.8, 4) is 28.4 Å². The molecule has 2 saturated heterocycles. The Morgan fingerprint density at radius 2 is 1.70 bits per heavy atom. The molecule has 9 heteroatoms. The van der Waals surface area contributed by atoms with E-state index in [9.17, 15) is 14.7 Å². The van der Waals surface area contributed by atoms with E-state index in [1.54, 1.807) is 0 Å². The van der Waals surface area contributed by atoms with E-state index < -0.39 is 5.60 Å². The summed E-state index contributed by atoms with van der Waals surface area (Å²) >= 11 is 6.27. The van der Waals surface area contributed by atoms with Crippen LogP contribution in [0.4, 0.5) is 4.79 Å². The minimum Gasteiger partial charge on any atom is -0.507 e. The van der Waals surface area contributed by atoms with E-state index in [1.807, 2.05) is 49.9 Å². The number of halogens is 1. The molecule has 46 heavy (non-hydrogen) atoms. The molecule has 3 aromatic rings. The highest BCUT2D eigenvalue weighted by Gasteiger charge is 2.40. The summed E-state index contributed by atoms with van der Waals surface area (Å²) in [5, 5.41) is 10.3. The van der Waals surface area contributed by atoms with Gasteiger partial charge in [0.25, 0.3) is 0 Å². The van der Waals surface area contributed by atoms with Gasteiger partial charge in [0.1, 0.15) is 29.5 Å². The molecule has 1 amide bonds. The lowest BCUT2D eigenvalue weighted by Gasteiger charge is -2.34. The van der Waals surface area contributed by atoms with Crippen molar-refractivity contribution in [1.29, 1.82) is 0 Å². The van der Waals surface area contributed by atoms with Crippen LogP contribution in [-0.4, -0.2) is 72.2 Å². The van der Waals surface area contributed by atoms with Crippen LogP contribution >= 0.6 is 11.6 Å². The lowest BCUT2D eigenvalue weighted by atomic mass is 9.89. The minimum atomic E-state index is -0.471. The van der Waals surface area contributed by atoms with E-state index in [1.165, 1.54) is 12.1 Å². The maximum Gasteiger partial charge on any atom is 0.410 e. The highest BCUT2D eigenvalue weighted by Crippen LogP contribution is 2.36. The predicted molar refractivity (Wildman–Crippen MR) is 180 cm³/mol. The Bertz CT molecular complexity index is 1570. The number of piperidine rings is 1. The number of likely N-dealkylation sites (tertiary alicyclic amines) is 2. The molecular weight excluding hydrogens is 604 g/mol. The molecule has 2 aliphatic rings. The van der Waals surface area contributed by atoms with Crippen molar-refractivity contribution >= 4 is 24.0 Å². The molecule has 3 aromatic carbocycles. The number of aromatic hydroxyl groups is 1. The zero-order valence-corrected chi connectivity index (χ0v) is 28.2. The highest BCUT2D eigenvalue weighted by molar-refractivity contribution is 6.32. The van der Waals surface area contributed by atoms with E-state index in [0.717, 1.165) is 79.1 Å². The molecular formula is C37H45ClN2O6. The van der Waals surface area contributed by atoms with Gasteiger partial charge in [0.2, 0.25) is 0 Å². The summed E-state index contributed by atoms with van der Waals surface area (Å²) in [6, 6.07) is 15.0. The standard InChI is InChI=1S/C37H45ClN2O6/c1-24-27(23-45-35-18-33(42)28(22-41)17-32(35)38)9-6-10-30(24)31-11-7-12-34(25(31)2)44-16-8-14-39-15-13-26-20-40(21-29(26)19-39)36(43)46-37(3,4)5/h6-7,9-12,17-18,22,26,29,42H,8,13-16,19-21,23H2,1-5H3. The first-order valence-electron chi connectivity index (χ1n) is 16.1. The lowest BCUT2D eigenvalue weighted by molar-refractivity contribution is 0.0284. The van der Waals surface area contributed by atoms with Crippen molar-refractivity contribution in [3.63, 3.8) is 0 Å². The van der Waals surface area contributed by atoms with Gasteiger partial charge in [-0.1, -0.05) is 41.9 Å². The SMILES string of the molecule is Cc1c(COc2cc(O)c(C=O)cc2Cl)cccc1-c1cccc(OCCCN2CCC3CN(C(=O)OC(C)(C)C)CC3C2)c1C. The van der Waals surface area contributed by atoms with Gasteiger partial charge in [-0.2, -0.15) is 0 Å². The van der Waals surface area contributed by atoms with Crippen molar-refractivity contribution in [2.24, 2.45) is 11.8 Å². The van der Waals surface area contributed by atoms with Crippen LogP contribution in [0.25, 0.3) is 11.1 Å². The second kappa shape index (κ2) is 14.3. The van der Waals surface area contributed by atoms with Gasteiger partial charge in [-0.15, -0.1) is 0 Å².